The van der Waals surface area contributed by atoms with E-state index >= 15 is 0 Å². The van der Waals surface area contributed by atoms with E-state index in [9.17, 15) is 19.6 Å². The topological polar surface area (TPSA) is 95.6 Å². The third-order valence-electron chi connectivity index (χ3n) is 2.16. The highest BCUT2D eigenvalue weighted by molar-refractivity contribution is 5.61. The molecule has 17 heavy (non-hydrogen) atoms. The van der Waals surface area contributed by atoms with Crippen molar-refractivity contribution >= 4 is 11.4 Å². The van der Waals surface area contributed by atoms with Crippen LogP contribution < -0.4 is 5.32 Å². The molecule has 1 unspecified atom stereocenters. The second-order valence-corrected chi connectivity index (χ2v) is 3.93. The average molecular weight is 244 g/mol. The molecule has 0 bridgehead atoms. The first-order valence-corrected chi connectivity index (χ1v) is 4.87. The van der Waals surface area contributed by atoms with Gasteiger partial charge in [0, 0.05) is 18.7 Å². The van der Waals surface area contributed by atoms with Crippen molar-refractivity contribution < 1.29 is 19.5 Å². The van der Waals surface area contributed by atoms with Gasteiger partial charge < -0.3 is 15.5 Å². The second-order valence-electron chi connectivity index (χ2n) is 3.93. The van der Waals surface area contributed by atoms with Crippen LogP contribution in [0.2, 0.25) is 0 Å². The molecule has 3 N–H and O–H groups in total. The molecule has 0 aromatic heterocycles. The number of hydrogen-bond donors (Lipinski definition) is 3. The third-order valence-corrected chi connectivity index (χ3v) is 2.16. The molecule has 0 aliphatic carbocycles. The third kappa shape index (κ3) is 3.65. The number of halogens is 1. The van der Waals surface area contributed by atoms with Crippen LogP contribution in [-0.4, -0.2) is 33.9 Å². The van der Waals surface area contributed by atoms with Crippen molar-refractivity contribution in [2.75, 3.05) is 18.5 Å². The SMILES string of the molecule is CC(O)(CO)CNc1cc(F)ccc1[N+](=O)[O-]. The molecule has 0 aliphatic heterocycles. The number of benzene rings is 1. The first kappa shape index (κ1) is 13.3. The fraction of sp³-hybridized carbons (Fsp3) is 0.400. The summed E-state index contributed by atoms with van der Waals surface area (Å²) in [6.07, 6.45) is 0. The van der Waals surface area contributed by atoms with Crippen LogP contribution in [0.5, 0.6) is 0 Å². The van der Waals surface area contributed by atoms with Crippen molar-refractivity contribution in [1.29, 1.82) is 0 Å². The number of aliphatic hydroxyl groups excluding tert-OH is 1. The molecule has 6 nitrogen and oxygen atoms in total. The molecule has 0 spiro atoms. The number of nitro benzene ring substituents is 1. The van der Waals surface area contributed by atoms with Gasteiger partial charge in [0.2, 0.25) is 0 Å². The molecule has 1 rings (SSSR count). The molecule has 0 fully saturated rings. The van der Waals surface area contributed by atoms with E-state index < -0.39 is 22.9 Å². The molecule has 0 saturated heterocycles. The smallest absolute Gasteiger partial charge is 0.292 e. The van der Waals surface area contributed by atoms with Crippen molar-refractivity contribution in [1.82, 2.24) is 0 Å². The Bertz CT molecular complexity index is 423. The molecule has 0 saturated carbocycles. The average Bonchev–Trinajstić information content (AvgIpc) is 2.26. The van der Waals surface area contributed by atoms with Gasteiger partial charge in [-0.2, -0.15) is 0 Å². The van der Waals surface area contributed by atoms with Crippen LogP contribution in [0.1, 0.15) is 6.92 Å². The number of aliphatic hydroxyl groups is 2. The van der Waals surface area contributed by atoms with E-state index in [-0.39, 0.29) is 17.9 Å². The lowest BCUT2D eigenvalue weighted by Crippen LogP contribution is -2.37. The van der Waals surface area contributed by atoms with E-state index in [4.69, 9.17) is 5.11 Å². The molecule has 1 atom stereocenters. The van der Waals surface area contributed by atoms with Crippen molar-refractivity contribution in [2.45, 2.75) is 12.5 Å². The van der Waals surface area contributed by atoms with E-state index in [0.29, 0.717) is 0 Å². The van der Waals surface area contributed by atoms with Crippen LogP contribution in [0.4, 0.5) is 15.8 Å². The summed E-state index contributed by atoms with van der Waals surface area (Å²) < 4.78 is 12.9. The quantitative estimate of drug-likeness (QED) is 0.528. The lowest BCUT2D eigenvalue weighted by atomic mass is 10.1. The summed E-state index contributed by atoms with van der Waals surface area (Å²) in [6.45, 7) is 0.710. The van der Waals surface area contributed by atoms with Crippen LogP contribution in [0.15, 0.2) is 18.2 Å². The number of nitrogens with one attached hydrogen (secondary N) is 1. The lowest BCUT2D eigenvalue weighted by molar-refractivity contribution is -0.384. The molecule has 94 valence electrons. The molecule has 0 radical (unpaired) electrons. The molecular formula is C10H13FN2O4. The summed E-state index contributed by atoms with van der Waals surface area (Å²) in [7, 11) is 0. The van der Waals surface area contributed by atoms with Gasteiger partial charge in [0.1, 0.15) is 17.1 Å². The fourth-order valence-corrected chi connectivity index (χ4v) is 1.15. The first-order chi connectivity index (χ1) is 7.85. The summed E-state index contributed by atoms with van der Waals surface area (Å²) in [6, 6.07) is 2.98. The van der Waals surface area contributed by atoms with E-state index in [2.05, 4.69) is 5.32 Å². The zero-order chi connectivity index (χ0) is 13.1. The standard InChI is InChI=1S/C10H13FN2O4/c1-10(15,6-14)5-12-8-4-7(11)2-3-9(8)13(16)17/h2-4,12,14-15H,5-6H2,1H3. The molecular weight excluding hydrogens is 231 g/mol. The van der Waals surface area contributed by atoms with Gasteiger partial charge in [-0.25, -0.2) is 4.39 Å². The number of nitrogens with zero attached hydrogens (tertiary/aromatic N) is 1. The van der Waals surface area contributed by atoms with Crippen molar-refractivity contribution in [3.8, 4) is 0 Å². The number of nitro groups is 1. The highest BCUT2D eigenvalue weighted by atomic mass is 19.1. The minimum absolute atomic E-state index is 0.0382. The first-order valence-electron chi connectivity index (χ1n) is 4.87. The Kier molecular flexibility index (Phi) is 3.97. The van der Waals surface area contributed by atoms with Crippen LogP contribution >= 0.6 is 0 Å². The fourth-order valence-electron chi connectivity index (χ4n) is 1.15. The number of hydrogen-bond acceptors (Lipinski definition) is 5. The summed E-state index contributed by atoms with van der Waals surface area (Å²) in [4.78, 5) is 10.0. The second kappa shape index (κ2) is 5.07. The normalized spacial score (nSPS) is 14.1. The zero-order valence-corrected chi connectivity index (χ0v) is 9.18. The Labute approximate surface area is 96.8 Å². The predicted octanol–water partition coefficient (Wildman–Crippen LogP) is 0.889. The van der Waals surface area contributed by atoms with Gasteiger partial charge in [-0.1, -0.05) is 0 Å². The molecule has 1 aromatic carbocycles. The zero-order valence-electron chi connectivity index (χ0n) is 9.18. The van der Waals surface area contributed by atoms with Gasteiger partial charge in [0.15, 0.2) is 0 Å². The van der Waals surface area contributed by atoms with E-state index in [1.165, 1.54) is 6.92 Å². The largest absolute Gasteiger partial charge is 0.393 e. The Morgan fingerprint density at radius 3 is 2.76 bits per heavy atom. The number of rotatable bonds is 5. The van der Waals surface area contributed by atoms with Crippen LogP contribution in [-0.2, 0) is 0 Å². The molecule has 0 heterocycles. The monoisotopic (exact) mass is 244 g/mol. The van der Waals surface area contributed by atoms with Gasteiger partial charge in [-0.15, -0.1) is 0 Å². The summed E-state index contributed by atoms with van der Waals surface area (Å²) >= 11 is 0. The number of anilines is 1. The summed E-state index contributed by atoms with van der Waals surface area (Å²) in [5, 5.41) is 31.5. The van der Waals surface area contributed by atoms with Gasteiger partial charge in [0.25, 0.3) is 5.69 Å². The maximum Gasteiger partial charge on any atom is 0.292 e. The van der Waals surface area contributed by atoms with Gasteiger partial charge >= 0.3 is 0 Å². The highest BCUT2D eigenvalue weighted by Gasteiger charge is 2.21. The van der Waals surface area contributed by atoms with E-state index in [1.807, 2.05) is 0 Å². The minimum Gasteiger partial charge on any atom is -0.393 e. The van der Waals surface area contributed by atoms with Gasteiger partial charge in [-0.05, 0) is 13.0 Å². The Morgan fingerprint density at radius 1 is 1.59 bits per heavy atom. The van der Waals surface area contributed by atoms with E-state index in [1.54, 1.807) is 0 Å². The van der Waals surface area contributed by atoms with Crippen LogP contribution in [0.3, 0.4) is 0 Å². The molecule has 1 aromatic rings. The van der Waals surface area contributed by atoms with Gasteiger partial charge in [-0.3, -0.25) is 10.1 Å². The Balaban J connectivity index is 2.89. The molecule has 0 aliphatic rings. The summed E-state index contributed by atoms with van der Waals surface area (Å²) in [5.74, 6) is -0.623. The van der Waals surface area contributed by atoms with E-state index in [0.717, 1.165) is 18.2 Å². The van der Waals surface area contributed by atoms with Crippen LogP contribution in [0, 0.1) is 15.9 Å². The van der Waals surface area contributed by atoms with Crippen LogP contribution in [0.25, 0.3) is 0 Å². The molecule has 7 heteroatoms. The van der Waals surface area contributed by atoms with Crippen molar-refractivity contribution in [2.24, 2.45) is 0 Å². The summed E-state index contributed by atoms with van der Waals surface area (Å²) in [5.41, 5.74) is -1.76. The van der Waals surface area contributed by atoms with Gasteiger partial charge in [0.05, 0.1) is 11.5 Å². The Hall–Kier alpha value is -1.73. The maximum absolute atomic E-state index is 12.9. The predicted molar refractivity (Wildman–Crippen MR) is 59.3 cm³/mol. The van der Waals surface area contributed by atoms with Crippen molar-refractivity contribution in [3.63, 3.8) is 0 Å². The lowest BCUT2D eigenvalue weighted by Gasteiger charge is -2.21. The van der Waals surface area contributed by atoms with Crippen molar-refractivity contribution in [3.05, 3.63) is 34.1 Å². The highest BCUT2D eigenvalue weighted by Crippen LogP contribution is 2.25. The Morgan fingerprint density at radius 2 is 2.24 bits per heavy atom. The molecule has 0 amide bonds. The maximum atomic E-state index is 12.9. The minimum atomic E-state index is -1.43.